The molecule has 0 spiro atoms. The zero-order valence-corrected chi connectivity index (χ0v) is 8.80. The largest absolute Gasteiger partial charge is 0.465 e. The Morgan fingerprint density at radius 3 is 3.07 bits per heavy atom. The Morgan fingerprint density at radius 1 is 1.67 bits per heavy atom. The summed E-state index contributed by atoms with van der Waals surface area (Å²) in [5, 5.41) is 2.64. The quantitative estimate of drug-likeness (QED) is 0.774. The van der Waals surface area contributed by atoms with Gasteiger partial charge in [-0.2, -0.15) is 0 Å². The lowest BCUT2D eigenvalue weighted by molar-refractivity contribution is 0.0606. The van der Waals surface area contributed by atoms with Crippen molar-refractivity contribution in [1.29, 1.82) is 0 Å². The molecule has 80 valence electrons. The molecule has 15 heavy (non-hydrogen) atoms. The minimum Gasteiger partial charge on any atom is -0.465 e. The van der Waals surface area contributed by atoms with Gasteiger partial charge in [-0.3, -0.25) is 0 Å². The molecule has 6 heteroatoms. The predicted molar refractivity (Wildman–Crippen MR) is 52.9 cm³/mol. The van der Waals surface area contributed by atoms with Crippen LogP contribution in [0.25, 0.3) is 0 Å². The molecule has 0 bridgehead atoms. The third-order valence-electron chi connectivity index (χ3n) is 2.03. The SMILES string of the molecule is COC(=O)c1ccc(C2COC(=O)N2)s1. The highest BCUT2D eigenvalue weighted by atomic mass is 32.1. The van der Waals surface area contributed by atoms with E-state index in [9.17, 15) is 9.59 Å². The van der Waals surface area contributed by atoms with Crippen molar-refractivity contribution in [3.05, 3.63) is 21.9 Å². The molecule has 2 rings (SSSR count). The molecule has 2 heterocycles. The molecular formula is C9H9NO4S. The van der Waals surface area contributed by atoms with Gasteiger partial charge in [0.25, 0.3) is 0 Å². The lowest BCUT2D eigenvalue weighted by Crippen LogP contribution is -2.17. The van der Waals surface area contributed by atoms with Crippen LogP contribution < -0.4 is 5.32 Å². The Balaban J connectivity index is 2.13. The number of hydrogen-bond acceptors (Lipinski definition) is 5. The van der Waals surface area contributed by atoms with Crippen LogP contribution in [0.3, 0.4) is 0 Å². The summed E-state index contributed by atoms with van der Waals surface area (Å²) >= 11 is 1.30. The van der Waals surface area contributed by atoms with Crippen LogP contribution in [0.1, 0.15) is 20.6 Å². The fraction of sp³-hybridized carbons (Fsp3) is 0.333. The summed E-state index contributed by atoms with van der Waals surface area (Å²) in [6.45, 7) is 0.306. The number of carbonyl (C=O) groups excluding carboxylic acids is 2. The highest BCUT2D eigenvalue weighted by molar-refractivity contribution is 7.14. The number of hydrogen-bond donors (Lipinski definition) is 1. The molecule has 0 aliphatic carbocycles. The van der Waals surface area contributed by atoms with Crippen molar-refractivity contribution < 1.29 is 19.1 Å². The molecule has 5 nitrogen and oxygen atoms in total. The number of thiophene rings is 1. The summed E-state index contributed by atoms with van der Waals surface area (Å²) in [6.07, 6.45) is -0.423. The Bertz CT molecular complexity index is 401. The van der Waals surface area contributed by atoms with Gasteiger partial charge in [0.2, 0.25) is 0 Å². The molecular weight excluding hydrogens is 218 g/mol. The first-order valence-corrected chi connectivity index (χ1v) is 5.13. The summed E-state index contributed by atoms with van der Waals surface area (Å²) in [4.78, 5) is 23.4. The van der Waals surface area contributed by atoms with Crippen LogP contribution in [0.5, 0.6) is 0 Å². The average molecular weight is 227 g/mol. The number of carbonyl (C=O) groups is 2. The highest BCUT2D eigenvalue weighted by Gasteiger charge is 2.25. The van der Waals surface area contributed by atoms with Gasteiger partial charge >= 0.3 is 12.1 Å². The third-order valence-corrected chi connectivity index (χ3v) is 3.21. The monoisotopic (exact) mass is 227 g/mol. The Labute approximate surface area is 90.0 Å². The van der Waals surface area contributed by atoms with Crippen LogP contribution >= 0.6 is 11.3 Å². The van der Waals surface area contributed by atoms with Crippen molar-refractivity contribution in [1.82, 2.24) is 5.32 Å². The molecule has 1 amide bonds. The van der Waals surface area contributed by atoms with E-state index in [4.69, 9.17) is 4.74 Å². The van der Waals surface area contributed by atoms with E-state index in [-0.39, 0.29) is 12.0 Å². The fourth-order valence-corrected chi connectivity index (χ4v) is 2.25. The second kappa shape index (κ2) is 3.90. The van der Waals surface area contributed by atoms with Gasteiger partial charge in [-0.05, 0) is 12.1 Å². The maximum atomic E-state index is 11.2. The molecule has 0 aromatic carbocycles. The number of cyclic esters (lactones) is 1. The molecule has 0 saturated carbocycles. The van der Waals surface area contributed by atoms with E-state index >= 15 is 0 Å². The molecule has 1 fully saturated rings. The van der Waals surface area contributed by atoms with Gasteiger partial charge in [0.05, 0.1) is 7.11 Å². The normalized spacial score (nSPS) is 19.5. The van der Waals surface area contributed by atoms with Gasteiger partial charge in [0.15, 0.2) is 0 Å². The van der Waals surface area contributed by atoms with Crippen LogP contribution in [0.4, 0.5) is 4.79 Å². The first kappa shape index (κ1) is 9.97. The summed E-state index contributed by atoms with van der Waals surface area (Å²) < 4.78 is 9.34. The summed E-state index contributed by atoms with van der Waals surface area (Å²) in [5.41, 5.74) is 0. The number of amides is 1. The topological polar surface area (TPSA) is 64.6 Å². The predicted octanol–water partition coefficient (Wildman–Crippen LogP) is 1.32. The number of rotatable bonds is 2. The van der Waals surface area contributed by atoms with Crippen molar-refractivity contribution >= 4 is 23.4 Å². The molecule has 1 unspecified atom stereocenters. The fourth-order valence-electron chi connectivity index (χ4n) is 1.29. The minimum absolute atomic E-state index is 0.152. The second-order valence-corrected chi connectivity index (χ2v) is 4.10. The molecule has 1 N–H and O–H groups in total. The Hall–Kier alpha value is -1.56. The molecule has 0 radical (unpaired) electrons. The smallest absolute Gasteiger partial charge is 0.407 e. The molecule has 1 atom stereocenters. The van der Waals surface area contributed by atoms with E-state index in [1.54, 1.807) is 12.1 Å². The van der Waals surface area contributed by atoms with E-state index in [1.165, 1.54) is 18.4 Å². The maximum absolute atomic E-state index is 11.2. The number of nitrogens with one attached hydrogen (secondary N) is 1. The molecule has 1 aliphatic rings. The first-order valence-electron chi connectivity index (χ1n) is 4.32. The minimum atomic E-state index is -0.423. The van der Waals surface area contributed by atoms with Crippen LogP contribution in [0, 0.1) is 0 Å². The maximum Gasteiger partial charge on any atom is 0.407 e. The van der Waals surface area contributed by atoms with Crippen LogP contribution in [0.2, 0.25) is 0 Å². The third kappa shape index (κ3) is 1.94. The Morgan fingerprint density at radius 2 is 2.47 bits per heavy atom. The van der Waals surface area contributed by atoms with E-state index in [0.717, 1.165) is 4.88 Å². The van der Waals surface area contributed by atoms with Crippen molar-refractivity contribution in [3.8, 4) is 0 Å². The summed E-state index contributed by atoms with van der Waals surface area (Å²) in [7, 11) is 1.34. The molecule has 1 aromatic heterocycles. The van der Waals surface area contributed by atoms with Crippen LogP contribution in [0.15, 0.2) is 12.1 Å². The summed E-state index contributed by atoms with van der Waals surface area (Å²) in [5.74, 6) is -0.364. The van der Waals surface area contributed by atoms with Crippen LogP contribution in [-0.4, -0.2) is 25.8 Å². The van der Waals surface area contributed by atoms with Gasteiger partial charge in [-0.1, -0.05) is 0 Å². The van der Waals surface area contributed by atoms with Crippen molar-refractivity contribution in [2.75, 3.05) is 13.7 Å². The molecule has 1 saturated heterocycles. The van der Waals surface area contributed by atoms with Crippen molar-refractivity contribution in [2.45, 2.75) is 6.04 Å². The second-order valence-electron chi connectivity index (χ2n) is 2.99. The molecule has 1 aliphatic heterocycles. The van der Waals surface area contributed by atoms with E-state index in [2.05, 4.69) is 10.1 Å². The molecule has 1 aromatic rings. The van der Waals surface area contributed by atoms with Crippen molar-refractivity contribution in [2.24, 2.45) is 0 Å². The first-order chi connectivity index (χ1) is 7.20. The average Bonchev–Trinajstić information content (AvgIpc) is 2.84. The number of ether oxygens (including phenoxy) is 2. The number of alkyl carbamates (subject to hydrolysis) is 1. The standard InChI is InChI=1S/C9H9NO4S/c1-13-8(11)7-3-2-6(15-7)5-4-14-9(12)10-5/h2-3,5H,4H2,1H3,(H,10,12). The van der Waals surface area contributed by atoms with Crippen molar-refractivity contribution in [3.63, 3.8) is 0 Å². The van der Waals surface area contributed by atoms with Crippen LogP contribution in [-0.2, 0) is 9.47 Å². The zero-order valence-electron chi connectivity index (χ0n) is 7.98. The number of esters is 1. The lowest BCUT2D eigenvalue weighted by atomic mass is 10.3. The van der Waals surface area contributed by atoms with E-state index in [1.807, 2.05) is 0 Å². The zero-order chi connectivity index (χ0) is 10.8. The highest BCUT2D eigenvalue weighted by Crippen LogP contribution is 2.26. The van der Waals surface area contributed by atoms with Gasteiger partial charge in [0, 0.05) is 4.88 Å². The van der Waals surface area contributed by atoms with E-state index in [0.29, 0.717) is 11.5 Å². The number of methoxy groups -OCH3 is 1. The van der Waals surface area contributed by atoms with Gasteiger partial charge in [0.1, 0.15) is 17.5 Å². The lowest BCUT2D eigenvalue weighted by Gasteiger charge is -2.01. The Kier molecular flexibility index (Phi) is 2.59. The van der Waals surface area contributed by atoms with Gasteiger partial charge < -0.3 is 14.8 Å². The van der Waals surface area contributed by atoms with Gasteiger partial charge in [-0.25, -0.2) is 9.59 Å². The van der Waals surface area contributed by atoms with E-state index < -0.39 is 6.09 Å². The summed E-state index contributed by atoms with van der Waals surface area (Å²) in [6, 6.07) is 3.31. The van der Waals surface area contributed by atoms with Gasteiger partial charge in [-0.15, -0.1) is 11.3 Å².